The second-order valence-corrected chi connectivity index (χ2v) is 3.33. The molecule has 0 atom stereocenters. The van der Waals surface area contributed by atoms with E-state index in [1.807, 2.05) is 18.2 Å². The van der Waals surface area contributed by atoms with E-state index in [0.717, 1.165) is 18.4 Å². The lowest BCUT2D eigenvalue weighted by Crippen LogP contribution is -2.02. The summed E-state index contributed by atoms with van der Waals surface area (Å²) in [7, 11) is 0. The van der Waals surface area contributed by atoms with Crippen molar-refractivity contribution in [2.45, 2.75) is 12.8 Å². The van der Waals surface area contributed by atoms with Crippen molar-refractivity contribution >= 4 is 5.82 Å². The zero-order valence-corrected chi connectivity index (χ0v) is 8.30. The summed E-state index contributed by atoms with van der Waals surface area (Å²) in [6.07, 6.45) is 3.46. The van der Waals surface area contributed by atoms with Gasteiger partial charge < -0.3 is 5.73 Å². The van der Waals surface area contributed by atoms with Gasteiger partial charge in [0.15, 0.2) is 5.82 Å². The minimum Gasteiger partial charge on any atom is -0.382 e. The molecule has 1 aromatic carbocycles. The highest BCUT2D eigenvalue weighted by Gasteiger charge is 2.01. The Bertz CT molecular complexity index is 428. The Labute approximate surface area is 88.2 Å². The van der Waals surface area contributed by atoms with E-state index in [9.17, 15) is 0 Å². The number of nitrogens with two attached hydrogens (primary N) is 1. The smallest absolute Gasteiger partial charge is 0.152 e. The third-order valence-corrected chi connectivity index (χ3v) is 2.27. The molecule has 2 rings (SSSR count). The van der Waals surface area contributed by atoms with Crippen LogP contribution in [0.5, 0.6) is 0 Å². The van der Waals surface area contributed by atoms with Crippen molar-refractivity contribution in [2.75, 3.05) is 5.73 Å². The minimum absolute atomic E-state index is 0.473. The number of anilines is 1. The van der Waals surface area contributed by atoms with E-state index in [-0.39, 0.29) is 0 Å². The number of benzene rings is 1. The molecule has 2 aromatic rings. The van der Waals surface area contributed by atoms with Gasteiger partial charge in [-0.15, -0.1) is 10.2 Å². The first-order valence-electron chi connectivity index (χ1n) is 4.83. The Balaban J connectivity index is 2.03. The average Bonchev–Trinajstić information content (AvgIpc) is 2.29. The average molecular weight is 200 g/mol. The maximum absolute atomic E-state index is 5.67. The molecule has 0 amide bonds. The van der Waals surface area contributed by atoms with Crippen molar-refractivity contribution in [3.63, 3.8) is 0 Å². The number of rotatable bonds is 3. The van der Waals surface area contributed by atoms with Crippen LogP contribution >= 0.6 is 0 Å². The normalized spacial score (nSPS) is 10.1. The lowest BCUT2D eigenvalue weighted by Gasteiger charge is -2.02. The number of hydrogen-bond acceptors (Lipinski definition) is 4. The fourth-order valence-electron chi connectivity index (χ4n) is 1.42. The predicted octanol–water partition coefficient (Wildman–Crippen LogP) is 1.24. The van der Waals surface area contributed by atoms with Crippen LogP contribution in [0.4, 0.5) is 5.82 Å². The standard InChI is InChI=1S/C11H12N4/c12-11-10(8-13-15-14-11)7-6-9-4-2-1-3-5-9/h1-5,8H,6-7H2,(H2,12,13,14). The maximum atomic E-state index is 5.67. The zero-order valence-electron chi connectivity index (χ0n) is 8.30. The van der Waals surface area contributed by atoms with Gasteiger partial charge in [0.2, 0.25) is 0 Å². The van der Waals surface area contributed by atoms with Gasteiger partial charge in [-0.2, -0.15) is 0 Å². The van der Waals surface area contributed by atoms with Gasteiger partial charge in [0.1, 0.15) is 0 Å². The summed E-state index contributed by atoms with van der Waals surface area (Å²) in [5.74, 6) is 0.473. The summed E-state index contributed by atoms with van der Waals surface area (Å²) in [5.41, 5.74) is 7.91. The van der Waals surface area contributed by atoms with Gasteiger partial charge in [-0.25, -0.2) is 0 Å². The maximum Gasteiger partial charge on any atom is 0.152 e. The van der Waals surface area contributed by atoms with Gasteiger partial charge in [0.25, 0.3) is 0 Å². The molecule has 0 aliphatic carbocycles. The van der Waals surface area contributed by atoms with Crippen LogP contribution in [0.15, 0.2) is 36.5 Å². The minimum atomic E-state index is 0.473. The van der Waals surface area contributed by atoms with Crippen LogP contribution in [-0.4, -0.2) is 15.4 Å². The molecule has 76 valence electrons. The van der Waals surface area contributed by atoms with Gasteiger partial charge in [0, 0.05) is 5.56 Å². The molecule has 4 heteroatoms. The summed E-state index contributed by atoms with van der Waals surface area (Å²) in [6.45, 7) is 0. The van der Waals surface area contributed by atoms with Crippen LogP contribution in [0.25, 0.3) is 0 Å². The Morgan fingerprint density at radius 3 is 2.60 bits per heavy atom. The van der Waals surface area contributed by atoms with Gasteiger partial charge >= 0.3 is 0 Å². The molecule has 0 fully saturated rings. The predicted molar refractivity (Wildman–Crippen MR) is 58.1 cm³/mol. The highest BCUT2D eigenvalue weighted by atomic mass is 15.3. The van der Waals surface area contributed by atoms with Gasteiger partial charge in [-0.05, 0) is 23.6 Å². The Kier molecular flexibility index (Phi) is 2.88. The van der Waals surface area contributed by atoms with Gasteiger partial charge in [-0.1, -0.05) is 30.3 Å². The Hall–Kier alpha value is -1.97. The molecule has 0 saturated carbocycles. The monoisotopic (exact) mass is 200 g/mol. The fourth-order valence-corrected chi connectivity index (χ4v) is 1.42. The fraction of sp³-hybridized carbons (Fsp3) is 0.182. The highest BCUT2D eigenvalue weighted by molar-refractivity contribution is 5.35. The second-order valence-electron chi connectivity index (χ2n) is 3.33. The lowest BCUT2D eigenvalue weighted by molar-refractivity contribution is 0.834. The molecule has 0 bridgehead atoms. The topological polar surface area (TPSA) is 64.7 Å². The molecule has 1 aromatic heterocycles. The van der Waals surface area contributed by atoms with E-state index in [0.29, 0.717) is 5.82 Å². The summed E-state index contributed by atoms with van der Waals surface area (Å²) >= 11 is 0. The van der Waals surface area contributed by atoms with Crippen LogP contribution in [0, 0.1) is 0 Å². The van der Waals surface area contributed by atoms with Crippen molar-refractivity contribution in [3.8, 4) is 0 Å². The molecule has 0 aliphatic rings. The molecule has 0 unspecified atom stereocenters. The molecular weight excluding hydrogens is 188 g/mol. The quantitative estimate of drug-likeness (QED) is 0.809. The van der Waals surface area contributed by atoms with Crippen molar-refractivity contribution < 1.29 is 0 Å². The van der Waals surface area contributed by atoms with E-state index in [2.05, 4.69) is 27.5 Å². The van der Waals surface area contributed by atoms with Crippen molar-refractivity contribution in [2.24, 2.45) is 0 Å². The van der Waals surface area contributed by atoms with Crippen LogP contribution in [0.1, 0.15) is 11.1 Å². The molecule has 4 nitrogen and oxygen atoms in total. The first-order valence-corrected chi connectivity index (χ1v) is 4.83. The van der Waals surface area contributed by atoms with E-state index < -0.39 is 0 Å². The molecule has 15 heavy (non-hydrogen) atoms. The summed E-state index contributed by atoms with van der Waals surface area (Å²) in [5, 5.41) is 10.9. The molecule has 0 spiro atoms. The molecule has 1 heterocycles. The summed E-state index contributed by atoms with van der Waals surface area (Å²) < 4.78 is 0. The number of nitrogen functional groups attached to an aromatic ring is 1. The third kappa shape index (κ3) is 2.49. The first kappa shape index (κ1) is 9.58. The number of hydrogen-bond donors (Lipinski definition) is 1. The van der Waals surface area contributed by atoms with E-state index >= 15 is 0 Å². The molecule has 0 radical (unpaired) electrons. The molecule has 2 N–H and O–H groups in total. The third-order valence-electron chi connectivity index (χ3n) is 2.27. The largest absolute Gasteiger partial charge is 0.382 e. The number of nitrogens with zero attached hydrogens (tertiary/aromatic N) is 3. The van der Waals surface area contributed by atoms with E-state index in [1.54, 1.807) is 6.20 Å². The van der Waals surface area contributed by atoms with Crippen LogP contribution in [0.2, 0.25) is 0 Å². The Morgan fingerprint density at radius 1 is 1.07 bits per heavy atom. The molecule has 0 saturated heterocycles. The molecular formula is C11H12N4. The molecule has 0 aliphatic heterocycles. The van der Waals surface area contributed by atoms with Crippen molar-refractivity contribution in [3.05, 3.63) is 47.7 Å². The van der Waals surface area contributed by atoms with Crippen molar-refractivity contribution in [1.29, 1.82) is 0 Å². The summed E-state index contributed by atoms with van der Waals surface area (Å²) in [4.78, 5) is 0. The lowest BCUT2D eigenvalue weighted by atomic mass is 10.1. The number of aryl methyl sites for hydroxylation is 2. The van der Waals surface area contributed by atoms with Gasteiger partial charge in [-0.3, -0.25) is 0 Å². The van der Waals surface area contributed by atoms with Crippen LogP contribution < -0.4 is 5.73 Å². The van der Waals surface area contributed by atoms with E-state index in [4.69, 9.17) is 5.73 Å². The SMILES string of the molecule is Nc1nnncc1CCc1ccccc1. The zero-order chi connectivity index (χ0) is 10.5. The first-order chi connectivity index (χ1) is 7.36. The summed E-state index contributed by atoms with van der Waals surface area (Å²) in [6, 6.07) is 10.3. The van der Waals surface area contributed by atoms with Gasteiger partial charge in [0.05, 0.1) is 6.20 Å². The number of aromatic nitrogens is 3. The highest BCUT2D eigenvalue weighted by Crippen LogP contribution is 2.09. The van der Waals surface area contributed by atoms with Crippen LogP contribution in [-0.2, 0) is 12.8 Å². The van der Waals surface area contributed by atoms with E-state index in [1.165, 1.54) is 5.56 Å². The Morgan fingerprint density at radius 2 is 1.87 bits per heavy atom. The van der Waals surface area contributed by atoms with Crippen molar-refractivity contribution in [1.82, 2.24) is 15.4 Å². The second kappa shape index (κ2) is 4.50. The van der Waals surface area contributed by atoms with Crippen LogP contribution in [0.3, 0.4) is 0 Å².